The summed E-state index contributed by atoms with van der Waals surface area (Å²) in [4.78, 5) is 18.2. The highest BCUT2D eigenvalue weighted by Gasteiger charge is 2.33. The molecule has 1 aromatic heterocycles. The molecule has 0 N–H and O–H groups in total. The minimum atomic E-state index is -0.201. The Balaban J connectivity index is 1.48. The van der Waals surface area contributed by atoms with Crippen molar-refractivity contribution in [2.75, 3.05) is 27.2 Å². The summed E-state index contributed by atoms with van der Waals surface area (Å²) in [5.41, 5.74) is 1.86. The Bertz CT molecular complexity index is 1050. The fourth-order valence-corrected chi connectivity index (χ4v) is 5.51. The van der Waals surface area contributed by atoms with Crippen LogP contribution in [0.3, 0.4) is 0 Å². The number of benzene rings is 2. The number of thiophene rings is 1. The van der Waals surface area contributed by atoms with Crippen LogP contribution in [0.4, 0.5) is 4.39 Å². The van der Waals surface area contributed by atoms with E-state index in [0.29, 0.717) is 17.9 Å². The quantitative estimate of drug-likeness (QED) is 0.440. The van der Waals surface area contributed by atoms with Crippen molar-refractivity contribution >= 4 is 17.2 Å². The molecule has 1 saturated heterocycles. The fourth-order valence-electron chi connectivity index (χ4n) is 4.80. The number of methoxy groups -OCH3 is 1. The summed E-state index contributed by atoms with van der Waals surface area (Å²) >= 11 is 1.45. The van der Waals surface area contributed by atoms with Gasteiger partial charge in [-0.15, -0.1) is 11.3 Å². The first-order valence-electron chi connectivity index (χ1n) is 11.4. The van der Waals surface area contributed by atoms with Crippen LogP contribution in [0, 0.1) is 11.7 Å². The molecule has 174 valence electrons. The number of halogens is 1. The minimum absolute atomic E-state index is 0.0165. The fraction of sp³-hybridized carbons (Fsp3) is 0.370. The smallest absolute Gasteiger partial charge is 0.263 e. The van der Waals surface area contributed by atoms with E-state index in [1.54, 1.807) is 13.2 Å². The van der Waals surface area contributed by atoms with Gasteiger partial charge in [0.15, 0.2) is 0 Å². The second kappa shape index (κ2) is 10.9. The summed E-state index contributed by atoms with van der Waals surface area (Å²) in [6.45, 7) is 2.73. The third kappa shape index (κ3) is 5.63. The predicted octanol–water partition coefficient (Wildman–Crippen LogP) is 5.49. The van der Waals surface area contributed by atoms with Gasteiger partial charge in [0.05, 0.1) is 12.0 Å². The van der Waals surface area contributed by atoms with E-state index >= 15 is 0 Å². The van der Waals surface area contributed by atoms with Crippen LogP contribution >= 0.6 is 11.3 Å². The maximum atomic E-state index is 14.5. The number of likely N-dealkylation sites (N-methyl/N-ethyl adjacent to an activating group) is 1. The SMILES string of the molecule is COc1ccccc1CN1CCC(C(Cc2ccccc2F)N(C)C(=O)c2cccs2)CC1. The van der Waals surface area contributed by atoms with E-state index in [2.05, 4.69) is 11.0 Å². The molecule has 1 fully saturated rings. The van der Waals surface area contributed by atoms with Gasteiger partial charge in [0.25, 0.3) is 5.91 Å². The molecule has 33 heavy (non-hydrogen) atoms. The lowest BCUT2D eigenvalue weighted by molar-refractivity contribution is 0.0587. The lowest BCUT2D eigenvalue weighted by Crippen LogP contribution is -2.47. The first kappa shape index (κ1) is 23.5. The van der Waals surface area contributed by atoms with Crippen LogP contribution < -0.4 is 4.74 Å². The normalized spacial score (nSPS) is 15.8. The molecule has 0 spiro atoms. The van der Waals surface area contributed by atoms with Crippen LogP contribution in [0.5, 0.6) is 5.75 Å². The number of likely N-dealkylation sites (tertiary alicyclic amines) is 1. The van der Waals surface area contributed by atoms with Crippen LogP contribution in [0.15, 0.2) is 66.0 Å². The summed E-state index contributed by atoms with van der Waals surface area (Å²) in [6.07, 6.45) is 2.46. The Kier molecular flexibility index (Phi) is 7.78. The van der Waals surface area contributed by atoms with Gasteiger partial charge >= 0.3 is 0 Å². The van der Waals surface area contributed by atoms with Crippen LogP contribution in [0.25, 0.3) is 0 Å². The highest BCUT2D eigenvalue weighted by molar-refractivity contribution is 7.12. The van der Waals surface area contributed by atoms with E-state index in [9.17, 15) is 9.18 Å². The second-order valence-electron chi connectivity index (χ2n) is 8.68. The lowest BCUT2D eigenvalue weighted by atomic mass is 9.84. The summed E-state index contributed by atoms with van der Waals surface area (Å²) < 4.78 is 20.0. The van der Waals surface area contributed by atoms with Crippen molar-refractivity contribution < 1.29 is 13.9 Å². The topological polar surface area (TPSA) is 32.8 Å². The van der Waals surface area contributed by atoms with Gasteiger partial charge < -0.3 is 9.64 Å². The van der Waals surface area contributed by atoms with Gasteiger partial charge in [-0.25, -0.2) is 4.39 Å². The van der Waals surface area contributed by atoms with Crippen molar-refractivity contribution in [2.45, 2.75) is 31.8 Å². The Morgan fingerprint density at radius 2 is 1.79 bits per heavy atom. The first-order valence-corrected chi connectivity index (χ1v) is 12.3. The number of piperidine rings is 1. The molecule has 0 bridgehead atoms. The molecule has 2 heterocycles. The molecule has 2 aromatic carbocycles. The summed E-state index contributed by atoms with van der Waals surface area (Å²) in [7, 11) is 3.58. The van der Waals surface area contributed by atoms with Gasteiger partial charge in [-0.05, 0) is 67.4 Å². The number of hydrogen-bond acceptors (Lipinski definition) is 4. The van der Waals surface area contributed by atoms with E-state index in [4.69, 9.17) is 4.74 Å². The van der Waals surface area contributed by atoms with Crippen LogP contribution in [0.2, 0.25) is 0 Å². The molecule has 1 atom stereocenters. The molecule has 0 aliphatic carbocycles. The van der Waals surface area contributed by atoms with Crippen molar-refractivity contribution in [3.05, 3.63) is 87.9 Å². The van der Waals surface area contributed by atoms with E-state index in [1.165, 1.54) is 23.0 Å². The average molecular weight is 467 g/mol. The molecule has 4 rings (SSSR count). The number of ether oxygens (including phenoxy) is 1. The summed E-state index contributed by atoms with van der Waals surface area (Å²) in [6, 6.07) is 18.8. The number of rotatable bonds is 8. The van der Waals surface area contributed by atoms with Gasteiger partial charge in [0.1, 0.15) is 11.6 Å². The Morgan fingerprint density at radius 3 is 2.45 bits per heavy atom. The second-order valence-corrected chi connectivity index (χ2v) is 9.63. The number of para-hydroxylation sites is 1. The average Bonchev–Trinajstić information content (AvgIpc) is 3.39. The Morgan fingerprint density at radius 1 is 1.09 bits per heavy atom. The highest BCUT2D eigenvalue weighted by atomic mass is 32.1. The molecule has 1 aliphatic rings. The number of carbonyl (C=O) groups excluding carboxylic acids is 1. The van der Waals surface area contributed by atoms with Crippen molar-refractivity contribution in [3.8, 4) is 5.75 Å². The van der Waals surface area contributed by atoms with E-state index < -0.39 is 0 Å². The van der Waals surface area contributed by atoms with Gasteiger partial charge in [-0.3, -0.25) is 9.69 Å². The molecular formula is C27H31FN2O2S. The Labute approximate surface area is 199 Å². The van der Waals surface area contributed by atoms with Crippen molar-refractivity contribution in [1.82, 2.24) is 9.80 Å². The molecule has 4 nitrogen and oxygen atoms in total. The van der Waals surface area contributed by atoms with Gasteiger partial charge in [0.2, 0.25) is 0 Å². The minimum Gasteiger partial charge on any atom is -0.496 e. The van der Waals surface area contributed by atoms with Crippen molar-refractivity contribution in [1.29, 1.82) is 0 Å². The van der Waals surface area contributed by atoms with E-state index in [1.807, 2.05) is 59.8 Å². The zero-order valence-corrected chi connectivity index (χ0v) is 20.1. The van der Waals surface area contributed by atoms with E-state index in [0.717, 1.165) is 43.1 Å². The third-order valence-corrected chi connectivity index (χ3v) is 7.56. The molecule has 0 radical (unpaired) electrons. The molecular weight excluding hydrogens is 435 g/mol. The summed E-state index contributed by atoms with van der Waals surface area (Å²) in [5.74, 6) is 1.04. The zero-order chi connectivity index (χ0) is 23.2. The number of carbonyl (C=O) groups is 1. The maximum absolute atomic E-state index is 14.5. The van der Waals surface area contributed by atoms with Crippen LogP contribution in [0.1, 0.15) is 33.6 Å². The predicted molar refractivity (Wildman–Crippen MR) is 131 cm³/mol. The first-order chi connectivity index (χ1) is 16.1. The molecule has 3 aromatic rings. The zero-order valence-electron chi connectivity index (χ0n) is 19.2. The monoisotopic (exact) mass is 466 g/mol. The third-order valence-electron chi connectivity index (χ3n) is 6.70. The molecule has 0 saturated carbocycles. The lowest BCUT2D eigenvalue weighted by Gasteiger charge is -2.40. The summed E-state index contributed by atoms with van der Waals surface area (Å²) in [5, 5.41) is 1.92. The maximum Gasteiger partial charge on any atom is 0.263 e. The molecule has 1 aliphatic heterocycles. The molecule has 1 unspecified atom stereocenters. The number of nitrogens with zero attached hydrogens (tertiary/aromatic N) is 2. The van der Waals surface area contributed by atoms with Gasteiger partial charge in [0, 0.05) is 25.2 Å². The van der Waals surface area contributed by atoms with Crippen LogP contribution in [-0.2, 0) is 13.0 Å². The standard InChI is InChI=1S/C27H31FN2O2S/c1-29(27(31)26-12-7-17-33-26)24(18-21-8-3-5-10-23(21)28)20-13-15-30(16-14-20)19-22-9-4-6-11-25(22)32-2/h3-12,17,20,24H,13-16,18-19H2,1-2H3. The number of amides is 1. The molecule has 6 heteroatoms. The number of hydrogen-bond donors (Lipinski definition) is 0. The largest absolute Gasteiger partial charge is 0.496 e. The van der Waals surface area contributed by atoms with Crippen LogP contribution in [-0.4, -0.2) is 49.0 Å². The van der Waals surface area contributed by atoms with Gasteiger partial charge in [-0.1, -0.05) is 42.5 Å². The molecule has 1 amide bonds. The van der Waals surface area contributed by atoms with Crippen molar-refractivity contribution in [2.24, 2.45) is 5.92 Å². The highest BCUT2D eigenvalue weighted by Crippen LogP contribution is 2.30. The van der Waals surface area contributed by atoms with Crippen molar-refractivity contribution in [3.63, 3.8) is 0 Å². The van der Waals surface area contributed by atoms with Gasteiger partial charge in [-0.2, -0.15) is 0 Å². The van der Waals surface area contributed by atoms with E-state index in [-0.39, 0.29) is 17.8 Å². The Hall–Kier alpha value is -2.70.